The van der Waals surface area contributed by atoms with Crippen LogP contribution in [0, 0.1) is 0 Å². The zero-order valence-corrected chi connectivity index (χ0v) is 16.8. The van der Waals surface area contributed by atoms with Crippen LogP contribution in [-0.4, -0.2) is 29.2 Å². The van der Waals surface area contributed by atoms with E-state index in [0.717, 1.165) is 35.6 Å². The normalized spacial score (nSPS) is 11.6. The third kappa shape index (κ3) is 4.40. The Morgan fingerprint density at radius 2 is 1.85 bits per heavy atom. The highest BCUT2D eigenvalue weighted by molar-refractivity contribution is 7.17. The monoisotopic (exact) mass is 369 g/mol. The number of anilines is 1. The molecule has 0 aliphatic rings. The van der Waals surface area contributed by atoms with Crippen LogP contribution in [0.15, 0.2) is 36.0 Å². The molecule has 4 nitrogen and oxygen atoms in total. The van der Waals surface area contributed by atoms with Crippen molar-refractivity contribution in [3.05, 3.63) is 41.5 Å². The first-order chi connectivity index (χ1) is 12.6. The van der Waals surface area contributed by atoms with Crippen molar-refractivity contribution in [2.24, 2.45) is 0 Å². The summed E-state index contributed by atoms with van der Waals surface area (Å²) in [6.07, 6.45) is 2.86. The number of ether oxygens (including phenoxy) is 1. The van der Waals surface area contributed by atoms with Gasteiger partial charge < -0.3 is 10.1 Å². The quantitative estimate of drug-likeness (QED) is 0.517. The van der Waals surface area contributed by atoms with Crippen molar-refractivity contribution in [1.82, 2.24) is 9.97 Å². The van der Waals surface area contributed by atoms with Gasteiger partial charge in [-0.1, -0.05) is 38.1 Å². The average molecular weight is 370 g/mol. The highest BCUT2D eigenvalue weighted by Gasteiger charge is 2.13. The Morgan fingerprint density at radius 1 is 1.08 bits per heavy atom. The first-order valence-corrected chi connectivity index (χ1v) is 10.1. The lowest BCUT2D eigenvalue weighted by molar-refractivity contribution is 0.0787. The fraction of sp³-hybridized carbons (Fsp3) is 0.429. The van der Waals surface area contributed by atoms with Crippen LogP contribution in [0.5, 0.6) is 0 Å². The molecule has 0 bridgehead atoms. The molecule has 0 atom stereocenters. The average Bonchev–Trinajstić information content (AvgIpc) is 3.06. The summed E-state index contributed by atoms with van der Waals surface area (Å²) in [5, 5.41) is 6.75. The molecule has 5 heteroatoms. The number of hydrogen-bond donors (Lipinski definition) is 1. The summed E-state index contributed by atoms with van der Waals surface area (Å²) in [5.41, 5.74) is 3.76. The van der Waals surface area contributed by atoms with Gasteiger partial charge in [0, 0.05) is 24.1 Å². The van der Waals surface area contributed by atoms with E-state index in [1.54, 1.807) is 17.7 Å². The van der Waals surface area contributed by atoms with Gasteiger partial charge in [-0.25, -0.2) is 9.97 Å². The van der Waals surface area contributed by atoms with E-state index in [1.165, 1.54) is 16.7 Å². The molecule has 0 radical (unpaired) electrons. The van der Waals surface area contributed by atoms with Gasteiger partial charge in [0.15, 0.2) is 0 Å². The second kappa shape index (κ2) is 8.60. The van der Waals surface area contributed by atoms with Gasteiger partial charge in [-0.05, 0) is 37.3 Å². The lowest BCUT2D eigenvalue weighted by Gasteiger charge is -2.10. The smallest absolute Gasteiger partial charge is 0.138 e. The highest BCUT2D eigenvalue weighted by atomic mass is 32.1. The van der Waals surface area contributed by atoms with Crippen LogP contribution in [0.1, 0.15) is 45.6 Å². The predicted octanol–water partition coefficient (Wildman–Crippen LogP) is 5.71. The van der Waals surface area contributed by atoms with Crippen LogP contribution in [0.2, 0.25) is 0 Å². The van der Waals surface area contributed by atoms with Crippen molar-refractivity contribution >= 4 is 27.4 Å². The number of hydrogen-bond acceptors (Lipinski definition) is 5. The van der Waals surface area contributed by atoms with E-state index in [1.807, 2.05) is 0 Å². The summed E-state index contributed by atoms with van der Waals surface area (Å²) in [5.74, 6) is 1.45. The van der Waals surface area contributed by atoms with Crippen molar-refractivity contribution in [1.29, 1.82) is 0 Å². The molecule has 2 aromatic heterocycles. The third-order valence-corrected chi connectivity index (χ3v) is 5.21. The van der Waals surface area contributed by atoms with E-state index in [0.29, 0.717) is 5.92 Å². The van der Waals surface area contributed by atoms with Crippen LogP contribution in [0.25, 0.3) is 21.3 Å². The predicted molar refractivity (Wildman–Crippen MR) is 111 cm³/mol. The summed E-state index contributed by atoms with van der Waals surface area (Å²) in [6.45, 7) is 10.1. The molecule has 2 heterocycles. The molecule has 3 aromatic rings. The first kappa shape index (κ1) is 18.8. The van der Waals surface area contributed by atoms with Gasteiger partial charge in [0.1, 0.15) is 17.0 Å². The van der Waals surface area contributed by atoms with Gasteiger partial charge in [-0.3, -0.25) is 0 Å². The third-order valence-electron chi connectivity index (χ3n) is 4.32. The van der Waals surface area contributed by atoms with Crippen LogP contribution >= 0.6 is 11.3 Å². The molecule has 1 aromatic carbocycles. The molecule has 0 amide bonds. The largest absolute Gasteiger partial charge is 0.379 e. The SMILES string of the molecule is CC(C)OCCCNc1ncnc2scc(-c3ccc(C(C)C)cc3)c12. The van der Waals surface area contributed by atoms with Crippen molar-refractivity contribution in [3.63, 3.8) is 0 Å². The minimum absolute atomic E-state index is 0.276. The van der Waals surface area contributed by atoms with E-state index >= 15 is 0 Å². The molecule has 138 valence electrons. The van der Waals surface area contributed by atoms with E-state index in [2.05, 4.69) is 72.6 Å². The second-order valence-electron chi connectivity index (χ2n) is 7.03. The summed E-state index contributed by atoms with van der Waals surface area (Å²) in [4.78, 5) is 9.95. The van der Waals surface area contributed by atoms with Gasteiger partial charge in [0.05, 0.1) is 11.5 Å². The van der Waals surface area contributed by atoms with E-state index in [-0.39, 0.29) is 6.10 Å². The Labute approximate surface area is 159 Å². The Balaban J connectivity index is 1.81. The van der Waals surface area contributed by atoms with E-state index in [4.69, 9.17) is 4.74 Å². The molecule has 0 spiro atoms. The standard InChI is InChI=1S/C21H27N3OS/c1-14(2)16-6-8-17(9-7-16)18-12-26-21-19(18)20(23-13-24-21)22-10-5-11-25-15(3)4/h6-9,12-15H,5,10-11H2,1-4H3,(H,22,23,24). The number of rotatable bonds is 8. The maximum absolute atomic E-state index is 5.61. The van der Waals surface area contributed by atoms with Crippen molar-refractivity contribution < 1.29 is 4.74 Å². The number of thiophene rings is 1. The van der Waals surface area contributed by atoms with Crippen molar-refractivity contribution in [3.8, 4) is 11.1 Å². The molecule has 0 aliphatic heterocycles. The maximum Gasteiger partial charge on any atom is 0.138 e. The Bertz CT molecular complexity index is 840. The van der Waals surface area contributed by atoms with E-state index < -0.39 is 0 Å². The Hall–Kier alpha value is -1.98. The molecule has 0 saturated heterocycles. The van der Waals surface area contributed by atoms with Gasteiger partial charge >= 0.3 is 0 Å². The fourth-order valence-electron chi connectivity index (χ4n) is 2.87. The Kier molecular flexibility index (Phi) is 6.22. The lowest BCUT2D eigenvalue weighted by Crippen LogP contribution is -2.10. The minimum atomic E-state index is 0.276. The topological polar surface area (TPSA) is 47.0 Å². The zero-order valence-electron chi connectivity index (χ0n) is 16.0. The first-order valence-electron chi connectivity index (χ1n) is 9.24. The summed E-state index contributed by atoms with van der Waals surface area (Å²) >= 11 is 1.67. The van der Waals surface area contributed by atoms with Crippen LogP contribution in [-0.2, 0) is 4.74 Å². The van der Waals surface area contributed by atoms with Crippen molar-refractivity contribution in [2.75, 3.05) is 18.5 Å². The summed E-state index contributed by atoms with van der Waals surface area (Å²) in [7, 11) is 0. The fourth-order valence-corrected chi connectivity index (χ4v) is 3.78. The number of fused-ring (bicyclic) bond motifs is 1. The molecular weight excluding hydrogens is 342 g/mol. The van der Waals surface area contributed by atoms with E-state index in [9.17, 15) is 0 Å². The molecule has 0 unspecified atom stereocenters. The van der Waals surface area contributed by atoms with Gasteiger partial charge in [0.2, 0.25) is 0 Å². The second-order valence-corrected chi connectivity index (χ2v) is 7.89. The van der Waals surface area contributed by atoms with Crippen LogP contribution in [0.4, 0.5) is 5.82 Å². The Morgan fingerprint density at radius 3 is 2.54 bits per heavy atom. The van der Waals surface area contributed by atoms with Crippen LogP contribution < -0.4 is 5.32 Å². The summed E-state index contributed by atoms with van der Waals surface area (Å²) in [6, 6.07) is 8.82. The van der Waals surface area contributed by atoms with Gasteiger partial charge in [-0.2, -0.15) is 0 Å². The maximum atomic E-state index is 5.61. The molecule has 26 heavy (non-hydrogen) atoms. The van der Waals surface area contributed by atoms with Crippen molar-refractivity contribution in [2.45, 2.75) is 46.1 Å². The highest BCUT2D eigenvalue weighted by Crippen LogP contribution is 2.36. The summed E-state index contributed by atoms with van der Waals surface area (Å²) < 4.78 is 5.61. The zero-order chi connectivity index (χ0) is 18.5. The van der Waals surface area contributed by atoms with Gasteiger partial charge in [0.25, 0.3) is 0 Å². The lowest BCUT2D eigenvalue weighted by atomic mass is 9.99. The number of benzene rings is 1. The minimum Gasteiger partial charge on any atom is -0.379 e. The number of nitrogens with one attached hydrogen (secondary N) is 1. The molecule has 0 fully saturated rings. The number of nitrogens with zero attached hydrogens (tertiary/aromatic N) is 2. The number of aromatic nitrogens is 2. The molecule has 0 saturated carbocycles. The van der Waals surface area contributed by atoms with Gasteiger partial charge in [-0.15, -0.1) is 11.3 Å². The molecule has 0 aliphatic carbocycles. The molecular formula is C21H27N3OS. The molecule has 1 N–H and O–H groups in total. The van der Waals surface area contributed by atoms with Crippen LogP contribution in [0.3, 0.4) is 0 Å². The molecule has 3 rings (SSSR count).